The fourth-order valence-electron chi connectivity index (χ4n) is 2.88. The predicted octanol–water partition coefficient (Wildman–Crippen LogP) is 1.79. The molecule has 0 bridgehead atoms. The molecule has 0 saturated carbocycles. The van der Waals surface area contributed by atoms with Crippen LogP contribution >= 0.6 is 0 Å². The van der Waals surface area contributed by atoms with Gasteiger partial charge >= 0.3 is 0 Å². The number of imide groups is 1. The van der Waals surface area contributed by atoms with Crippen molar-refractivity contribution in [2.75, 3.05) is 20.2 Å². The fourth-order valence-corrected chi connectivity index (χ4v) is 2.88. The molecule has 0 saturated heterocycles. The van der Waals surface area contributed by atoms with Gasteiger partial charge in [-0.15, -0.1) is 0 Å². The number of halogens is 1. The van der Waals surface area contributed by atoms with Crippen LogP contribution in [0.5, 0.6) is 5.75 Å². The summed E-state index contributed by atoms with van der Waals surface area (Å²) < 4.78 is 19.0. The van der Waals surface area contributed by atoms with Crippen LogP contribution in [0.3, 0.4) is 0 Å². The average Bonchev–Trinajstić information content (AvgIpc) is 2.88. The van der Waals surface area contributed by atoms with Crippen molar-refractivity contribution in [2.24, 2.45) is 0 Å². The maximum atomic E-state index is 13.8. The lowest BCUT2D eigenvalue weighted by atomic mass is 10.1. The Labute approximate surface area is 149 Å². The topological polar surface area (TPSA) is 75.7 Å². The Kier molecular flexibility index (Phi) is 4.97. The second kappa shape index (κ2) is 7.35. The van der Waals surface area contributed by atoms with Crippen LogP contribution in [0, 0.1) is 5.82 Å². The number of rotatable bonds is 6. The summed E-state index contributed by atoms with van der Waals surface area (Å²) in [6, 6.07) is 11.3. The summed E-state index contributed by atoms with van der Waals surface area (Å²) in [7, 11) is 1.57. The number of benzene rings is 2. The fraction of sp³-hybridized carbons (Fsp3) is 0.211. The average molecular weight is 356 g/mol. The van der Waals surface area contributed by atoms with Gasteiger partial charge in [-0.05, 0) is 30.2 Å². The third kappa shape index (κ3) is 3.28. The number of nitrogens with one attached hydrogen (secondary N) is 1. The number of para-hydroxylation sites is 1. The third-order valence-electron chi connectivity index (χ3n) is 4.16. The van der Waals surface area contributed by atoms with E-state index in [0.29, 0.717) is 13.0 Å². The second-order valence-corrected chi connectivity index (χ2v) is 5.77. The number of carbonyl (C=O) groups is 3. The van der Waals surface area contributed by atoms with Gasteiger partial charge in [0.15, 0.2) is 0 Å². The van der Waals surface area contributed by atoms with Crippen molar-refractivity contribution in [3.63, 3.8) is 0 Å². The Morgan fingerprint density at radius 2 is 1.88 bits per heavy atom. The first-order valence-electron chi connectivity index (χ1n) is 8.06. The van der Waals surface area contributed by atoms with Gasteiger partial charge in [-0.2, -0.15) is 0 Å². The molecule has 0 aromatic heterocycles. The van der Waals surface area contributed by atoms with E-state index in [2.05, 4.69) is 5.32 Å². The van der Waals surface area contributed by atoms with E-state index in [9.17, 15) is 18.8 Å². The second-order valence-electron chi connectivity index (χ2n) is 5.77. The van der Waals surface area contributed by atoms with Gasteiger partial charge in [-0.25, -0.2) is 4.39 Å². The first-order chi connectivity index (χ1) is 12.5. The first-order valence-corrected chi connectivity index (χ1v) is 8.06. The van der Waals surface area contributed by atoms with Gasteiger partial charge in [0.05, 0.1) is 18.2 Å². The van der Waals surface area contributed by atoms with E-state index in [1.165, 1.54) is 12.1 Å². The zero-order valence-corrected chi connectivity index (χ0v) is 14.1. The molecule has 0 aliphatic carbocycles. The Balaban J connectivity index is 1.58. The lowest BCUT2D eigenvalue weighted by Gasteiger charge is -2.14. The van der Waals surface area contributed by atoms with Crippen LogP contribution in [-0.4, -0.2) is 42.8 Å². The summed E-state index contributed by atoms with van der Waals surface area (Å²) in [4.78, 5) is 37.3. The molecule has 3 amide bonds. The summed E-state index contributed by atoms with van der Waals surface area (Å²) >= 11 is 0. The highest BCUT2D eigenvalue weighted by atomic mass is 19.1. The van der Waals surface area contributed by atoms with Crippen LogP contribution in [0.2, 0.25) is 0 Å². The molecule has 1 aliphatic heterocycles. The number of hydrogen-bond donors (Lipinski definition) is 1. The minimum atomic E-state index is -0.789. The molecule has 2 aromatic rings. The molecule has 1 N–H and O–H groups in total. The van der Waals surface area contributed by atoms with E-state index in [4.69, 9.17) is 4.74 Å². The highest BCUT2D eigenvalue weighted by Gasteiger charge is 2.38. The van der Waals surface area contributed by atoms with Crippen LogP contribution in [0.25, 0.3) is 0 Å². The molecule has 0 radical (unpaired) electrons. The summed E-state index contributed by atoms with van der Waals surface area (Å²) in [5.74, 6) is -1.99. The largest absolute Gasteiger partial charge is 0.496 e. The van der Waals surface area contributed by atoms with Gasteiger partial charge in [0.2, 0.25) is 5.91 Å². The van der Waals surface area contributed by atoms with Crippen molar-refractivity contribution in [3.8, 4) is 5.75 Å². The van der Waals surface area contributed by atoms with Gasteiger partial charge in [0.1, 0.15) is 18.1 Å². The minimum absolute atomic E-state index is 0.0168. The van der Waals surface area contributed by atoms with E-state index < -0.39 is 30.1 Å². The quantitative estimate of drug-likeness (QED) is 0.801. The molecule has 0 fully saturated rings. The van der Waals surface area contributed by atoms with Crippen LogP contribution in [0.4, 0.5) is 4.39 Å². The zero-order valence-electron chi connectivity index (χ0n) is 14.1. The van der Waals surface area contributed by atoms with Gasteiger partial charge < -0.3 is 10.1 Å². The van der Waals surface area contributed by atoms with E-state index in [1.54, 1.807) is 7.11 Å². The van der Waals surface area contributed by atoms with Gasteiger partial charge in [0.25, 0.3) is 11.8 Å². The van der Waals surface area contributed by atoms with Crippen LogP contribution in [-0.2, 0) is 11.2 Å². The molecular weight excluding hydrogens is 339 g/mol. The third-order valence-corrected chi connectivity index (χ3v) is 4.16. The van der Waals surface area contributed by atoms with Crippen molar-refractivity contribution in [1.29, 1.82) is 0 Å². The number of nitrogens with zero attached hydrogens (tertiary/aromatic N) is 1. The number of methoxy groups -OCH3 is 1. The Bertz CT molecular complexity index is 882. The van der Waals surface area contributed by atoms with Crippen LogP contribution in [0.1, 0.15) is 26.3 Å². The molecule has 1 heterocycles. The Morgan fingerprint density at radius 1 is 1.12 bits per heavy atom. The van der Waals surface area contributed by atoms with Crippen molar-refractivity contribution >= 4 is 17.7 Å². The number of fused-ring (bicyclic) bond motifs is 1. The maximum Gasteiger partial charge on any atom is 0.265 e. The van der Waals surface area contributed by atoms with Crippen LogP contribution in [0.15, 0.2) is 42.5 Å². The molecule has 134 valence electrons. The lowest BCUT2D eigenvalue weighted by Crippen LogP contribution is -2.41. The predicted molar refractivity (Wildman–Crippen MR) is 91.5 cm³/mol. The molecule has 1 aliphatic rings. The standard InChI is InChI=1S/C19H17FN2O4/c1-26-15-8-3-2-5-12(15)9-10-21-16(23)11-22-18(24)13-6-4-7-14(20)17(13)19(22)25/h2-8H,9-11H2,1H3,(H,21,23). The summed E-state index contributed by atoms with van der Waals surface area (Å²) in [5, 5.41) is 2.66. The molecule has 0 spiro atoms. The molecule has 3 rings (SSSR count). The van der Waals surface area contributed by atoms with Gasteiger partial charge in [-0.1, -0.05) is 24.3 Å². The molecule has 0 atom stereocenters. The van der Waals surface area contributed by atoms with Crippen molar-refractivity contribution in [3.05, 3.63) is 65.0 Å². The minimum Gasteiger partial charge on any atom is -0.496 e. The summed E-state index contributed by atoms with van der Waals surface area (Å²) in [5.41, 5.74) is 0.634. The number of carbonyl (C=O) groups excluding carboxylic acids is 3. The van der Waals surface area contributed by atoms with Crippen molar-refractivity contribution in [1.82, 2.24) is 10.2 Å². The van der Waals surface area contributed by atoms with E-state index in [1.807, 2.05) is 24.3 Å². The van der Waals surface area contributed by atoms with Gasteiger partial charge in [-0.3, -0.25) is 19.3 Å². The lowest BCUT2D eigenvalue weighted by molar-refractivity contribution is -0.121. The monoisotopic (exact) mass is 356 g/mol. The smallest absolute Gasteiger partial charge is 0.265 e. The summed E-state index contributed by atoms with van der Waals surface area (Å²) in [6.45, 7) is -0.131. The zero-order chi connectivity index (χ0) is 18.7. The number of ether oxygens (including phenoxy) is 1. The molecule has 6 nitrogen and oxygen atoms in total. The van der Waals surface area contributed by atoms with Crippen molar-refractivity contribution in [2.45, 2.75) is 6.42 Å². The highest BCUT2D eigenvalue weighted by Crippen LogP contribution is 2.24. The first kappa shape index (κ1) is 17.6. The van der Waals surface area contributed by atoms with E-state index >= 15 is 0 Å². The molecule has 2 aromatic carbocycles. The number of hydrogen-bond acceptors (Lipinski definition) is 4. The molecule has 7 heteroatoms. The number of amides is 3. The Hall–Kier alpha value is -3.22. The molecular formula is C19H17FN2O4. The normalized spacial score (nSPS) is 12.9. The maximum absolute atomic E-state index is 13.8. The van der Waals surface area contributed by atoms with E-state index in [0.717, 1.165) is 22.3 Å². The van der Waals surface area contributed by atoms with Crippen molar-refractivity contribution < 1.29 is 23.5 Å². The van der Waals surface area contributed by atoms with Crippen LogP contribution < -0.4 is 10.1 Å². The molecule has 0 unspecified atom stereocenters. The highest BCUT2D eigenvalue weighted by molar-refractivity contribution is 6.22. The van der Waals surface area contributed by atoms with Gasteiger partial charge in [0, 0.05) is 6.54 Å². The SMILES string of the molecule is COc1ccccc1CCNC(=O)CN1C(=O)c2cccc(F)c2C1=O. The summed E-state index contributed by atoms with van der Waals surface area (Å²) in [6.07, 6.45) is 0.534. The Morgan fingerprint density at radius 3 is 2.62 bits per heavy atom. The molecule has 26 heavy (non-hydrogen) atoms. The van der Waals surface area contributed by atoms with E-state index in [-0.39, 0.29) is 11.1 Å².